The molecule has 7 heteroatoms. The van der Waals surface area contributed by atoms with Gasteiger partial charge in [-0.25, -0.2) is 18.1 Å². The second kappa shape index (κ2) is 6.31. The molecule has 1 fully saturated rings. The van der Waals surface area contributed by atoms with E-state index in [2.05, 4.69) is 15.0 Å². The molecule has 1 saturated carbocycles. The van der Waals surface area contributed by atoms with Crippen molar-refractivity contribution in [2.75, 3.05) is 19.4 Å². The lowest BCUT2D eigenvalue weighted by Gasteiger charge is -2.07. The molecule has 19 heavy (non-hydrogen) atoms. The van der Waals surface area contributed by atoms with Crippen molar-refractivity contribution in [2.45, 2.75) is 25.4 Å². The molecule has 1 aromatic rings. The van der Waals surface area contributed by atoms with Crippen LogP contribution in [0.1, 0.15) is 18.5 Å². The molecule has 2 rings (SSSR count). The first-order valence-corrected chi connectivity index (χ1v) is 7.95. The highest BCUT2D eigenvalue weighted by Crippen LogP contribution is 2.19. The van der Waals surface area contributed by atoms with E-state index in [0.29, 0.717) is 19.0 Å². The molecule has 0 saturated heterocycles. The minimum Gasteiger partial charge on any atom is -0.481 e. The number of ether oxygens (including phenoxy) is 1. The lowest BCUT2D eigenvalue weighted by Crippen LogP contribution is -2.33. The fourth-order valence-corrected chi connectivity index (χ4v) is 2.88. The van der Waals surface area contributed by atoms with Crippen molar-refractivity contribution >= 4 is 10.0 Å². The average Bonchev–Trinajstić information content (AvgIpc) is 3.18. The maximum Gasteiger partial charge on any atom is 0.213 e. The van der Waals surface area contributed by atoms with Crippen molar-refractivity contribution in [1.29, 1.82) is 0 Å². The molecule has 0 spiro atoms. The second-order valence-corrected chi connectivity index (χ2v) is 6.43. The lowest BCUT2D eigenvalue weighted by molar-refractivity contribution is 0.395. The van der Waals surface area contributed by atoms with Gasteiger partial charge in [0.1, 0.15) is 0 Å². The summed E-state index contributed by atoms with van der Waals surface area (Å²) >= 11 is 0. The summed E-state index contributed by atoms with van der Waals surface area (Å²) in [6.45, 7) is 0.928. The van der Waals surface area contributed by atoms with Gasteiger partial charge < -0.3 is 10.1 Å². The van der Waals surface area contributed by atoms with Crippen LogP contribution in [0.5, 0.6) is 5.88 Å². The van der Waals surface area contributed by atoms with Crippen molar-refractivity contribution in [1.82, 2.24) is 15.0 Å². The van der Waals surface area contributed by atoms with Crippen LogP contribution in [0.3, 0.4) is 0 Å². The van der Waals surface area contributed by atoms with Gasteiger partial charge >= 0.3 is 0 Å². The van der Waals surface area contributed by atoms with Crippen molar-refractivity contribution in [3.8, 4) is 5.88 Å². The summed E-state index contributed by atoms with van der Waals surface area (Å²) in [5.74, 6) is 0.648. The van der Waals surface area contributed by atoms with Gasteiger partial charge in [0.25, 0.3) is 0 Å². The normalized spacial score (nSPS) is 15.4. The van der Waals surface area contributed by atoms with E-state index >= 15 is 0 Å². The van der Waals surface area contributed by atoms with E-state index in [1.54, 1.807) is 13.2 Å². The predicted octanol–water partition coefficient (Wildman–Crippen LogP) is 0.262. The van der Waals surface area contributed by atoms with Crippen LogP contribution in [0, 0.1) is 0 Å². The van der Waals surface area contributed by atoms with Crippen LogP contribution >= 0.6 is 0 Å². The average molecular weight is 285 g/mol. The summed E-state index contributed by atoms with van der Waals surface area (Å²) in [5.41, 5.74) is 0.826. The van der Waals surface area contributed by atoms with Gasteiger partial charge in [0, 0.05) is 25.2 Å². The number of nitrogens with one attached hydrogen (secondary N) is 2. The maximum absolute atomic E-state index is 11.6. The Morgan fingerprint density at radius 1 is 1.42 bits per heavy atom. The van der Waals surface area contributed by atoms with Crippen molar-refractivity contribution in [3.63, 3.8) is 0 Å². The van der Waals surface area contributed by atoms with E-state index in [1.165, 1.54) is 0 Å². The number of rotatable bonds is 8. The highest BCUT2D eigenvalue weighted by molar-refractivity contribution is 7.89. The van der Waals surface area contributed by atoms with E-state index in [4.69, 9.17) is 4.74 Å². The monoisotopic (exact) mass is 285 g/mol. The van der Waals surface area contributed by atoms with Gasteiger partial charge in [-0.3, -0.25) is 0 Å². The Bertz CT molecular complexity index is 515. The summed E-state index contributed by atoms with van der Waals surface area (Å²) in [6.07, 6.45) is 1.92. The molecular weight excluding hydrogens is 266 g/mol. The Labute approximate surface area is 113 Å². The summed E-state index contributed by atoms with van der Waals surface area (Å²) in [7, 11) is -1.58. The molecule has 1 aliphatic rings. The Kier molecular flexibility index (Phi) is 4.73. The van der Waals surface area contributed by atoms with E-state index in [1.807, 2.05) is 12.1 Å². The molecule has 0 aliphatic heterocycles. The van der Waals surface area contributed by atoms with Crippen molar-refractivity contribution in [2.24, 2.45) is 0 Å². The molecular formula is C12H19N3O3S. The summed E-state index contributed by atoms with van der Waals surface area (Å²) < 4.78 is 30.9. The standard InChI is InChI=1S/C12H19N3O3S/c1-18-12-4-2-3-11(14-12)9-13-7-8-19(16,17)15-10-5-6-10/h2-4,10,13,15H,5-9H2,1H3. The number of pyridine rings is 1. The van der Waals surface area contributed by atoms with Gasteiger partial charge in [-0.2, -0.15) is 0 Å². The molecule has 1 aromatic heterocycles. The van der Waals surface area contributed by atoms with E-state index in [0.717, 1.165) is 18.5 Å². The van der Waals surface area contributed by atoms with Gasteiger partial charge in [-0.1, -0.05) is 6.07 Å². The van der Waals surface area contributed by atoms with Crippen molar-refractivity contribution in [3.05, 3.63) is 23.9 Å². The van der Waals surface area contributed by atoms with E-state index in [-0.39, 0.29) is 11.8 Å². The third-order valence-corrected chi connectivity index (χ3v) is 4.20. The molecule has 106 valence electrons. The predicted molar refractivity (Wildman–Crippen MR) is 72.4 cm³/mol. The molecule has 1 aliphatic carbocycles. The fraction of sp³-hybridized carbons (Fsp3) is 0.583. The zero-order valence-electron chi connectivity index (χ0n) is 10.9. The first kappa shape index (κ1) is 14.2. The third kappa shape index (κ3) is 5.14. The van der Waals surface area contributed by atoms with Gasteiger partial charge in [0.2, 0.25) is 15.9 Å². The number of sulfonamides is 1. The number of hydrogen-bond acceptors (Lipinski definition) is 5. The zero-order chi connectivity index (χ0) is 13.7. The maximum atomic E-state index is 11.6. The quantitative estimate of drug-likeness (QED) is 0.670. The van der Waals surface area contributed by atoms with Gasteiger partial charge in [-0.05, 0) is 18.9 Å². The first-order chi connectivity index (χ1) is 9.09. The van der Waals surface area contributed by atoms with Gasteiger partial charge in [-0.15, -0.1) is 0 Å². The highest BCUT2D eigenvalue weighted by atomic mass is 32.2. The Morgan fingerprint density at radius 2 is 2.21 bits per heavy atom. The molecule has 0 atom stereocenters. The van der Waals surface area contributed by atoms with Crippen LogP contribution in [0.25, 0.3) is 0 Å². The number of hydrogen-bond donors (Lipinski definition) is 2. The first-order valence-electron chi connectivity index (χ1n) is 6.30. The minimum atomic E-state index is -3.14. The lowest BCUT2D eigenvalue weighted by atomic mass is 10.3. The third-order valence-electron chi connectivity index (χ3n) is 2.77. The Hall–Kier alpha value is -1.18. The van der Waals surface area contributed by atoms with Crippen LogP contribution in [0.2, 0.25) is 0 Å². The number of nitrogens with zero attached hydrogens (tertiary/aromatic N) is 1. The largest absolute Gasteiger partial charge is 0.481 e. The van der Waals surface area contributed by atoms with Gasteiger partial charge in [0.05, 0.1) is 18.6 Å². The fourth-order valence-electron chi connectivity index (χ4n) is 1.61. The van der Waals surface area contributed by atoms with Crippen LogP contribution in [-0.2, 0) is 16.6 Å². The topological polar surface area (TPSA) is 80.3 Å². The van der Waals surface area contributed by atoms with Crippen molar-refractivity contribution < 1.29 is 13.2 Å². The molecule has 0 aromatic carbocycles. The minimum absolute atomic E-state index is 0.0907. The van der Waals surface area contributed by atoms with E-state index < -0.39 is 10.0 Å². The molecule has 0 amide bonds. The summed E-state index contributed by atoms with van der Waals surface area (Å²) in [4.78, 5) is 4.23. The van der Waals surface area contributed by atoms with Crippen LogP contribution in [0.4, 0.5) is 0 Å². The smallest absolute Gasteiger partial charge is 0.213 e. The van der Waals surface area contributed by atoms with E-state index in [9.17, 15) is 8.42 Å². The number of aromatic nitrogens is 1. The van der Waals surface area contributed by atoms with Gasteiger partial charge in [0.15, 0.2) is 0 Å². The number of methoxy groups -OCH3 is 1. The van der Waals surface area contributed by atoms with Crippen LogP contribution < -0.4 is 14.8 Å². The molecule has 0 radical (unpaired) electrons. The van der Waals surface area contributed by atoms with Crippen LogP contribution in [0.15, 0.2) is 18.2 Å². The summed E-state index contributed by atoms with van der Waals surface area (Å²) in [5, 5.41) is 3.07. The molecule has 6 nitrogen and oxygen atoms in total. The van der Waals surface area contributed by atoms with Crippen LogP contribution in [-0.4, -0.2) is 38.9 Å². The Morgan fingerprint density at radius 3 is 2.89 bits per heavy atom. The second-order valence-electron chi connectivity index (χ2n) is 4.56. The molecule has 0 unspecified atom stereocenters. The summed E-state index contributed by atoms with van der Waals surface area (Å²) in [6, 6.07) is 5.67. The molecule has 2 N–H and O–H groups in total. The molecule has 0 bridgehead atoms. The Balaban J connectivity index is 1.70. The zero-order valence-corrected chi connectivity index (χ0v) is 11.7. The highest BCUT2D eigenvalue weighted by Gasteiger charge is 2.26. The molecule has 1 heterocycles. The SMILES string of the molecule is COc1cccc(CNCCS(=O)(=O)NC2CC2)n1.